The van der Waals surface area contributed by atoms with E-state index in [4.69, 9.17) is 15.3 Å². The number of hydrogen-bond acceptors (Lipinski definition) is 5. The molecule has 0 aromatic heterocycles. The van der Waals surface area contributed by atoms with Crippen LogP contribution in [0.1, 0.15) is 6.42 Å². The van der Waals surface area contributed by atoms with Crippen LogP contribution in [0, 0.1) is 0 Å². The summed E-state index contributed by atoms with van der Waals surface area (Å²) in [6.07, 6.45) is 0.371. The molecule has 0 fully saturated rings. The number of hydrogen-bond donors (Lipinski definition) is 3. The first kappa shape index (κ1) is 13.0. The van der Waals surface area contributed by atoms with E-state index in [0.29, 0.717) is 6.29 Å². The van der Waals surface area contributed by atoms with Crippen molar-refractivity contribution >= 4 is 12.3 Å². The van der Waals surface area contributed by atoms with Crippen LogP contribution in [0.5, 0.6) is 0 Å². The van der Waals surface area contributed by atoms with E-state index in [-0.39, 0.29) is 32.7 Å². The number of carboxylic acids is 1. The predicted molar refractivity (Wildman–Crippen MR) is 47.8 cm³/mol. The Morgan fingerprint density at radius 2 is 1.79 bits per heavy atom. The lowest BCUT2D eigenvalue weighted by atomic mass is 10.2. The number of carbonyl (C=O) groups is 2. The van der Waals surface area contributed by atoms with Crippen LogP contribution in [0.2, 0.25) is 0 Å². The third-order valence-electron chi connectivity index (χ3n) is 1.82. The highest BCUT2D eigenvalue weighted by Crippen LogP contribution is 2.02. The molecule has 0 heterocycles. The van der Waals surface area contributed by atoms with Crippen LogP contribution < -0.4 is 0 Å². The molecule has 1 unspecified atom stereocenters. The van der Waals surface area contributed by atoms with E-state index >= 15 is 0 Å². The zero-order chi connectivity index (χ0) is 11.0. The quantitative estimate of drug-likeness (QED) is 0.409. The van der Waals surface area contributed by atoms with Crippen molar-refractivity contribution in [2.45, 2.75) is 12.5 Å². The topological polar surface area (TPSA) is 98.1 Å². The standard InChI is InChI=1S/C8H15NO5/c10-4-1-7(8(13)14)9(2-5-11)3-6-12/h4,7,11-12H,1-3,5-6H2,(H,13,14). The average molecular weight is 205 g/mol. The van der Waals surface area contributed by atoms with Crippen molar-refractivity contribution in [1.29, 1.82) is 0 Å². The smallest absolute Gasteiger partial charge is 0.321 e. The van der Waals surface area contributed by atoms with Gasteiger partial charge in [-0.25, -0.2) is 0 Å². The molecule has 0 aliphatic carbocycles. The second-order valence-electron chi connectivity index (χ2n) is 2.74. The number of aliphatic hydroxyl groups is 2. The first-order valence-corrected chi connectivity index (χ1v) is 4.29. The molecule has 0 spiro atoms. The summed E-state index contributed by atoms with van der Waals surface area (Å²) in [4.78, 5) is 22.3. The van der Waals surface area contributed by atoms with Crippen molar-refractivity contribution in [3.05, 3.63) is 0 Å². The van der Waals surface area contributed by atoms with Gasteiger partial charge in [0.25, 0.3) is 0 Å². The van der Waals surface area contributed by atoms with E-state index < -0.39 is 12.0 Å². The molecular weight excluding hydrogens is 190 g/mol. The summed E-state index contributed by atoms with van der Waals surface area (Å²) in [5, 5.41) is 26.1. The van der Waals surface area contributed by atoms with Crippen LogP contribution in [0.3, 0.4) is 0 Å². The number of carbonyl (C=O) groups excluding carboxylic acids is 1. The molecule has 0 bridgehead atoms. The van der Waals surface area contributed by atoms with Crippen LogP contribution in [-0.2, 0) is 9.59 Å². The van der Waals surface area contributed by atoms with E-state index in [9.17, 15) is 9.59 Å². The Morgan fingerprint density at radius 3 is 2.07 bits per heavy atom. The maximum atomic E-state index is 10.7. The molecule has 6 nitrogen and oxygen atoms in total. The molecule has 1 atom stereocenters. The monoisotopic (exact) mass is 205 g/mol. The van der Waals surface area contributed by atoms with Crippen LogP contribution >= 0.6 is 0 Å². The molecule has 0 rings (SSSR count). The zero-order valence-corrected chi connectivity index (χ0v) is 7.80. The third-order valence-corrected chi connectivity index (χ3v) is 1.82. The Hall–Kier alpha value is -0.980. The van der Waals surface area contributed by atoms with Crippen molar-refractivity contribution in [3.63, 3.8) is 0 Å². The van der Waals surface area contributed by atoms with Gasteiger partial charge in [0.15, 0.2) is 0 Å². The van der Waals surface area contributed by atoms with Gasteiger partial charge < -0.3 is 20.1 Å². The first-order valence-electron chi connectivity index (χ1n) is 4.29. The minimum atomic E-state index is -1.13. The normalized spacial score (nSPS) is 12.8. The summed E-state index contributed by atoms with van der Waals surface area (Å²) in [6.45, 7) is -0.151. The minimum absolute atomic E-state index is 0.130. The Kier molecular flexibility index (Phi) is 6.91. The van der Waals surface area contributed by atoms with E-state index in [1.165, 1.54) is 4.90 Å². The van der Waals surface area contributed by atoms with E-state index in [2.05, 4.69) is 0 Å². The van der Waals surface area contributed by atoms with E-state index in [1.54, 1.807) is 0 Å². The summed E-state index contributed by atoms with van der Waals surface area (Å²) in [5.74, 6) is -1.13. The Bertz CT molecular complexity index is 179. The lowest BCUT2D eigenvalue weighted by Gasteiger charge is -2.25. The first-order chi connectivity index (χ1) is 6.67. The van der Waals surface area contributed by atoms with Crippen molar-refractivity contribution in [1.82, 2.24) is 4.90 Å². The fourth-order valence-corrected chi connectivity index (χ4v) is 1.18. The molecule has 0 aromatic carbocycles. The van der Waals surface area contributed by atoms with Crippen molar-refractivity contribution < 1.29 is 24.9 Å². The predicted octanol–water partition coefficient (Wildman–Crippen LogP) is -1.68. The van der Waals surface area contributed by atoms with Gasteiger partial charge in [0, 0.05) is 19.5 Å². The molecule has 6 heteroatoms. The highest BCUT2D eigenvalue weighted by atomic mass is 16.4. The highest BCUT2D eigenvalue weighted by Gasteiger charge is 2.24. The lowest BCUT2D eigenvalue weighted by molar-refractivity contribution is -0.144. The van der Waals surface area contributed by atoms with Gasteiger partial charge >= 0.3 is 5.97 Å². The molecule has 14 heavy (non-hydrogen) atoms. The SMILES string of the molecule is O=CCC(C(=O)O)N(CCO)CCO. The molecule has 0 amide bonds. The molecule has 0 aliphatic heterocycles. The Labute approximate surface area is 81.8 Å². The minimum Gasteiger partial charge on any atom is -0.480 e. The fourth-order valence-electron chi connectivity index (χ4n) is 1.18. The molecular formula is C8H15NO5. The van der Waals surface area contributed by atoms with Crippen LogP contribution in [0.15, 0.2) is 0 Å². The van der Waals surface area contributed by atoms with E-state index in [1.807, 2.05) is 0 Å². The second kappa shape index (κ2) is 7.43. The summed E-state index contributed by atoms with van der Waals surface area (Å²) >= 11 is 0. The molecule has 82 valence electrons. The number of aldehydes is 1. The van der Waals surface area contributed by atoms with Gasteiger partial charge in [0.1, 0.15) is 12.3 Å². The molecule has 3 N–H and O–H groups in total. The zero-order valence-electron chi connectivity index (χ0n) is 7.80. The Balaban J connectivity index is 4.36. The van der Waals surface area contributed by atoms with Crippen molar-refractivity contribution in [2.24, 2.45) is 0 Å². The van der Waals surface area contributed by atoms with Gasteiger partial charge in [0.05, 0.1) is 13.2 Å². The number of carboxylic acid groups (broad SMARTS) is 1. The van der Waals surface area contributed by atoms with Crippen LogP contribution in [0.4, 0.5) is 0 Å². The van der Waals surface area contributed by atoms with E-state index in [0.717, 1.165) is 0 Å². The summed E-state index contributed by atoms with van der Waals surface area (Å²) < 4.78 is 0. The molecule has 0 saturated carbocycles. The van der Waals surface area contributed by atoms with Crippen LogP contribution in [-0.4, -0.2) is 64.8 Å². The maximum Gasteiger partial charge on any atom is 0.321 e. The Morgan fingerprint density at radius 1 is 1.29 bits per heavy atom. The third kappa shape index (κ3) is 4.31. The molecule has 0 aliphatic rings. The highest BCUT2D eigenvalue weighted by molar-refractivity contribution is 5.76. The lowest BCUT2D eigenvalue weighted by Crippen LogP contribution is -2.44. The van der Waals surface area contributed by atoms with Gasteiger partial charge in [-0.05, 0) is 0 Å². The summed E-state index contributed by atoms with van der Waals surface area (Å²) in [6, 6.07) is -0.966. The number of rotatable bonds is 8. The van der Waals surface area contributed by atoms with Gasteiger partial charge in [0.2, 0.25) is 0 Å². The van der Waals surface area contributed by atoms with Gasteiger partial charge in [-0.3, -0.25) is 9.69 Å². The van der Waals surface area contributed by atoms with Gasteiger partial charge in [-0.1, -0.05) is 0 Å². The largest absolute Gasteiger partial charge is 0.480 e. The maximum absolute atomic E-state index is 10.7. The van der Waals surface area contributed by atoms with Gasteiger partial charge in [-0.15, -0.1) is 0 Å². The number of nitrogens with zero attached hydrogens (tertiary/aromatic N) is 1. The summed E-state index contributed by atoms with van der Waals surface area (Å²) in [5.41, 5.74) is 0. The number of aliphatic hydroxyl groups excluding tert-OH is 2. The summed E-state index contributed by atoms with van der Waals surface area (Å²) in [7, 11) is 0. The molecule has 0 saturated heterocycles. The fraction of sp³-hybridized carbons (Fsp3) is 0.750. The van der Waals surface area contributed by atoms with Crippen molar-refractivity contribution in [2.75, 3.05) is 26.3 Å². The van der Waals surface area contributed by atoms with Crippen molar-refractivity contribution in [3.8, 4) is 0 Å². The molecule has 0 radical (unpaired) electrons. The van der Waals surface area contributed by atoms with Crippen LogP contribution in [0.25, 0.3) is 0 Å². The molecule has 0 aromatic rings. The average Bonchev–Trinajstić information content (AvgIpc) is 2.13. The van der Waals surface area contributed by atoms with Gasteiger partial charge in [-0.2, -0.15) is 0 Å². The number of aliphatic carboxylic acids is 1. The second-order valence-corrected chi connectivity index (χ2v) is 2.74.